The molecule has 0 aliphatic rings. The van der Waals surface area contributed by atoms with E-state index in [1.807, 2.05) is 6.92 Å². The first-order valence-corrected chi connectivity index (χ1v) is 9.83. The van der Waals surface area contributed by atoms with E-state index < -0.39 is 0 Å². The summed E-state index contributed by atoms with van der Waals surface area (Å²) in [4.78, 5) is 0. The first-order chi connectivity index (χ1) is 11.3. The van der Waals surface area contributed by atoms with Crippen molar-refractivity contribution in [3.63, 3.8) is 0 Å². The lowest BCUT2D eigenvalue weighted by molar-refractivity contribution is -0.0456. The maximum absolute atomic E-state index is 5.61. The first kappa shape index (κ1) is 22.7. The Balaban J connectivity index is 3.40. The fraction of sp³-hybridized carbons (Fsp3) is 0.857. The quantitative estimate of drug-likeness (QED) is 0.224. The van der Waals surface area contributed by atoms with Gasteiger partial charge in [0.05, 0.1) is 12.2 Å². The summed E-state index contributed by atoms with van der Waals surface area (Å²) in [5.41, 5.74) is 0. The molecule has 0 N–H and O–H groups in total. The minimum atomic E-state index is 0.189. The molecule has 0 aliphatic heterocycles. The highest BCUT2D eigenvalue weighted by molar-refractivity contribution is 4.83. The SMILES string of the molecule is C[CH]CCCCCCCCCC=CCCC(OC)C(C)OCC. The second kappa shape index (κ2) is 18.0. The van der Waals surface area contributed by atoms with Crippen LogP contribution in [-0.2, 0) is 9.47 Å². The minimum Gasteiger partial charge on any atom is -0.379 e. The molecule has 0 bridgehead atoms. The summed E-state index contributed by atoms with van der Waals surface area (Å²) in [5, 5.41) is 0. The summed E-state index contributed by atoms with van der Waals surface area (Å²) in [6, 6.07) is 0. The molecule has 2 atom stereocenters. The number of allylic oxidation sites excluding steroid dienone is 2. The van der Waals surface area contributed by atoms with Gasteiger partial charge in [-0.05, 0) is 46.0 Å². The lowest BCUT2D eigenvalue weighted by Gasteiger charge is -2.21. The molecule has 0 amide bonds. The molecule has 2 heteroatoms. The monoisotopic (exact) mass is 325 g/mol. The highest BCUT2D eigenvalue weighted by Crippen LogP contribution is 2.12. The zero-order valence-electron chi connectivity index (χ0n) is 16.2. The second-order valence-corrected chi connectivity index (χ2v) is 6.44. The highest BCUT2D eigenvalue weighted by Gasteiger charge is 2.15. The van der Waals surface area contributed by atoms with Gasteiger partial charge in [0.2, 0.25) is 0 Å². The van der Waals surface area contributed by atoms with E-state index in [-0.39, 0.29) is 12.2 Å². The molecule has 0 heterocycles. The topological polar surface area (TPSA) is 18.5 Å². The Bertz CT molecular complexity index is 250. The predicted molar refractivity (Wildman–Crippen MR) is 102 cm³/mol. The van der Waals surface area contributed by atoms with E-state index in [9.17, 15) is 0 Å². The van der Waals surface area contributed by atoms with Crippen molar-refractivity contribution in [2.75, 3.05) is 13.7 Å². The van der Waals surface area contributed by atoms with Crippen LogP contribution in [0.25, 0.3) is 0 Å². The molecule has 0 aliphatic carbocycles. The molecule has 2 nitrogen and oxygen atoms in total. The summed E-state index contributed by atoms with van der Waals surface area (Å²) >= 11 is 0. The third-order valence-corrected chi connectivity index (χ3v) is 4.40. The van der Waals surface area contributed by atoms with Gasteiger partial charge in [-0.1, -0.05) is 64.0 Å². The molecule has 0 saturated carbocycles. The molecule has 137 valence electrons. The maximum atomic E-state index is 5.61. The van der Waals surface area contributed by atoms with E-state index in [1.165, 1.54) is 57.8 Å². The van der Waals surface area contributed by atoms with Crippen molar-refractivity contribution >= 4 is 0 Å². The molecule has 0 spiro atoms. The molecule has 0 aromatic carbocycles. The van der Waals surface area contributed by atoms with Gasteiger partial charge in [0.25, 0.3) is 0 Å². The number of hydrogen-bond donors (Lipinski definition) is 0. The Morgan fingerprint density at radius 2 is 1.39 bits per heavy atom. The van der Waals surface area contributed by atoms with E-state index in [0.29, 0.717) is 0 Å². The molecule has 1 radical (unpaired) electrons. The van der Waals surface area contributed by atoms with Gasteiger partial charge >= 0.3 is 0 Å². The van der Waals surface area contributed by atoms with Gasteiger partial charge in [-0.2, -0.15) is 0 Å². The molecular weight excluding hydrogens is 284 g/mol. The largest absolute Gasteiger partial charge is 0.379 e. The van der Waals surface area contributed by atoms with Crippen molar-refractivity contribution in [1.82, 2.24) is 0 Å². The van der Waals surface area contributed by atoms with E-state index >= 15 is 0 Å². The van der Waals surface area contributed by atoms with Crippen LogP contribution < -0.4 is 0 Å². The molecule has 0 rings (SSSR count). The molecular formula is C21H41O2. The maximum Gasteiger partial charge on any atom is 0.0833 e. The van der Waals surface area contributed by atoms with E-state index in [2.05, 4.69) is 32.4 Å². The molecule has 0 aromatic rings. The Morgan fingerprint density at radius 3 is 1.96 bits per heavy atom. The standard InChI is InChI=1S/C21H41O2/c1-5-7-8-9-10-11-12-13-14-15-16-17-18-19-21(22-4)20(3)23-6-2/h5,16-17,20-21H,6-15,18-19H2,1-4H3. The van der Waals surface area contributed by atoms with Crippen LogP contribution in [0, 0.1) is 6.42 Å². The third-order valence-electron chi connectivity index (χ3n) is 4.40. The summed E-state index contributed by atoms with van der Waals surface area (Å²) in [6.45, 7) is 7.05. The van der Waals surface area contributed by atoms with Gasteiger partial charge in [-0.3, -0.25) is 0 Å². The summed E-state index contributed by atoms with van der Waals surface area (Å²) in [6.07, 6.45) is 21.7. The molecule has 2 unspecified atom stereocenters. The Morgan fingerprint density at radius 1 is 0.826 bits per heavy atom. The zero-order chi connectivity index (χ0) is 17.2. The second-order valence-electron chi connectivity index (χ2n) is 6.44. The van der Waals surface area contributed by atoms with Crippen molar-refractivity contribution in [3.8, 4) is 0 Å². The third kappa shape index (κ3) is 15.0. The molecule has 23 heavy (non-hydrogen) atoms. The minimum absolute atomic E-state index is 0.189. The van der Waals surface area contributed by atoms with E-state index in [4.69, 9.17) is 9.47 Å². The van der Waals surface area contributed by atoms with Crippen molar-refractivity contribution in [2.45, 2.75) is 104 Å². The van der Waals surface area contributed by atoms with Crippen LogP contribution in [0.15, 0.2) is 12.2 Å². The highest BCUT2D eigenvalue weighted by atomic mass is 16.5. The van der Waals surface area contributed by atoms with Gasteiger partial charge < -0.3 is 9.47 Å². The summed E-state index contributed by atoms with van der Waals surface area (Å²) in [5.74, 6) is 0. The average Bonchev–Trinajstić information content (AvgIpc) is 2.55. The zero-order valence-corrected chi connectivity index (χ0v) is 16.2. The lowest BCUT2D eigenvalue weighted by atomic mass is 10.1. The van der Waals surface area contributed by atoms with Gasteiger partial charge in [-0.15, -0.1) is 0 Å². The lowest BCUT2D eigenvalue weighted by Crippen LogP contribution is -2.27. The summed E-state index contributed by atoms with van der Waals surface area (Å²) < 4.78 is 11.1. The number of methoxy groups -OCH3 is 1. The smallest absolute Gasteiger partial charge is 0.0833 e. The Labute approximate surface area is 146 Å². The van der Waals surface area contributed by atoms with Crippen molar-refractivity contribution in [2.24, 2.45) is 0 Å². The molecule has 0 fully saturated rings. The predicted octanol–water partition coefficient (Wildman–Crippen LogP) is 6.50. The van der Waals surface area contributed by atoms with Crippen molar-refractivity contribution < 1.29 is 9.47 Å². The normalized spacial score (nSPS) is 14.4. The Kier molecular flexibility index (Phi) is 17.7. The van der Waals surface area contributed by atoms with Crippen LogP contribution in [0.5, 0.6) is 0 Å². The molecule has 0 aromatic heterocycles. The van der Waals surface area contributed by atoms with E-state index in [1.54, 1.807) is 7.11 Å². The number of rotatable bonds is 17. The van der Waals surface area contributed by atoms with Crippen LogP contribution in [0.4, 0.5) is 0 Å². The molecule has 0 saturated heterocycles. The first-order valence-electron chi connectivity index (χ1n) is 9.83. The van der Waals surface area contributed by atoms with Crippen molar-refractivity contribution in [3.05, 3.63) is 18.6 Å². The van der Waals surface area contributed by atoms with Gasteiger partial charge in [0.15, 0.2) is 0 Å². The van der Waals surface area contributed by atoms with E-state index in [0.717, 1.165) is 19.4 Å². The average molecular weight is 326 g/mol. The van der Waals surface area contributed by atoms with Crippen LogP contribution in [-0.4, -0.2) is 25.9 Å². The number of hydrogen-bond acceptors (Lipinski definition) is 2. The van der Waals surface area contributed by atoms with Crippen LogP contribution >= 0.6 is 0 Å². The van der Waals surface area contributed by atoms with Crippen LogP contribution in [0.3, 0.4) is 0 Å². The van der Waals surface area contributed by atoms with Crippen LogP contribution in [0.1, 0.15) is 91.4 Å². The van der Waals surface area contributed by atoms with Gasteiger partial charge in [-0.25, -0.2) is 0 Å². The fourth-order valence-corrected chi connectivity index (χ4v) is 2.91. The van der Waals surface area contributed by atoms with Crippen molar-refractivity contribution in [1.29, 1.82) is 0 Å². The fourth-order valence-electron chi connectivity index (χ4n) is 2.91. The van der Waals surface area contributed by atoms with Gasteiger partial charge in [0.1, 0.15) is 0 Å². The van der Waals surface area contributed by atoms with Crippen LogP contribution in [0.2, 0.25) is 0 Å². The number of unbranched alkanes of at least 4 members (excludes halogenated alkanes) is 9. The van der Waals surface area contributed by atoms with Gasteiger partial charge in [0, 0.05) is 13.7 Å². The summed E-state index contributed by atoms with van der Waals surface area (Å²) in [7, 11) is 1.78. The Hall–Kier alpha value is -0.340. The number of ether oxygens (including phenoxy) is 2.